The van der Waals surface area contributed by atoms with E-state index in [1.165, 1.54) is 0 Å². The molecule has 0 spiro atoms. The second kappa shape index (κ2) is 4.70. The molecule has 0 atom stereocenters. The highest BCUT2D eigenvalue weighted by atomic mass is 16.4. The molecular weight excluding hydrogens is 234 g/mol. The number of carboxylic acid groups (broad SMARTS) is 1. The van der Waals surface area contributed by atoms with Gasteiger partial charge in [0.1, 0.15) is 18.1 Å². The van der Waals surface area contributed by atoms with Crippen LogP contribution in [0, 0.1) is 0 Å². The van der Waals surface area contributed by atoms with E-state index in [1.54, 1.807) is 24.3 Å². The SMILES string of the molecule is Nc1c(C=O)c(-c2ccccc2)nn1CC(=O)O. The predicted molar refractivity (Wildman–Crippen MR) is 65.1 cm³/mol. The average molecular weight is 245 g/mol. The number of aromatic nitrogens is 2. The lowest BCUT2D eigenvalue weighted by molar-refractivity contribution is -0.137. The summed E-state index contributed by atoms with van der Waals surface area (Å²) >= 11 is 0. The summed E-state index contributed by atoms with van der Waals surface area (Å²) in [5.74, 6) is -1.01. The third-order valence-electron chi connectivity index (χ3n) is 2.48. The maximum Gasteiger partial charge on any atom is 0.325 e. The number of carbonyl (C=O) groups excluding carboxylic acids is 1. The Morgan fingerprint density at radius 1 is 1.39 bits per heavy atom. The van der Waals surface area contributed by atoms with Crippen molar-refractivity contribution in [3.05, 3.63) is 35.9 Å². The van der Waals surface area contributed by atoms with E-state index >= 15 is 0 Å². The van der Waals surface area contributed by atoms with Crippen LogP contribution in [-0.2, 0) is 11.3 Å². The lowest BCUT2D eigenvalue weighted by Crippen LogP contribution is -2.12. The van der Waals surface area contributed by atoms with Gasteiger partial charge in [0.25, 0.3) is 0 Å². The van der Waals surface area contributed by atoms with Gasteiger partial charge in [-0.3, -0.25) is 9.59 Å². The van der Waals surface area contributed by atoms with Gasteiger partial charge in [-0.05, 0) is 0 Å². The largest absolute Gasteiger partial charge is 0.480 e. The van der Waals surface area contributed by atoms with Crippen LogP contribution in [0.2, 0.25) is 0 Å². The number of rotatable bonds is 4. The van der Waals surface area contributed by atoms with E-state index in [2.05, 4.69) is 5.10 Å². The minimum atomic E-state index is -1.07. The molecule has 2 aromatic rings. The van der Waals surface area contributed by atoms with E-state index < -0.39 is 5.97 Å². The Morgan fingerprint density at radius 3 is 2.61 bits per heavy atom. The monoisotopic (exact) mass is 245 g/mol. The first-order valence-electron chi connectivity index (χ1n) is 5.22. The number of hydrogen-bond acceptors (Lipinski definition) is 4. The molecule has 18 heavy (non-hydrogen) atoms. The molecule has 0 bridgehead atoms. The highest BCUT2D eigenvalue weighted by molar-refractivity contribution is 5.91. The van der Waals surface area contributed by atoms with E-state index in [1.807, 2.05) is 6.07 Å². The molecule has 1 heterocycles. The maximum absolute atomic E-state index is 11.0. The molecule has 0 amide bonds. The molecule has 0 saturated carbocycles. The zero-order valence-corrected chi connectivity index (χ0v) is 9.41. The van der Waals surface area contributed by atoms with E-state index in [9.17, 15) is 9.59 Å². The Hall–Kier alpha value is -2.63. The fourth-order valence-corrected chi connectivity index (χ4v) is 1.66. The molecule has 6 heteroatoms. The van der Waals surface area contributed by atoms with Crippen molar-refractivity contribution < 1.29 is 14.7 Å². The van der Waals surface area contributed by atoms with Gasteiger partial charge in [0.05, 0.1) is 5.56 Å². The van der Waals surface area contributed by atoms with Gasteiger partial charge < -0.3 is 10.8 Å². The first kappa shape index (κ1) is 11.8. The van der Waals surface area contributed by atoms with Crippen LogP contribution in [0.25, 0.3) is 11.3 Å². The van der Waals surface area contributed by atoms with Crippen LogP contribution >= 0.6 is 0 Å². The lowest BCUT2D eigenvalue weighted by atomic mass is 10.1. The second-order valence-corrected chi connectivity index (χ2v) is 3.68. The number of aldehydes is 1. The smallest absolute Gasteiger partial charge is 0.325 e. The van der Waals surface area contributed by atoms with E-state index in [0.29, 0.717) is 12.0 Å². The van der Waals surface area contributed by atoms with Crippen LogP contribution in [0.1, 0.15) is 10.4 Å². The summed E-state index contributed by atoms with van der Waals surface area (Å²) in [5.41, 5.74) is 7.03. The number of nitrogen functional groups attached to an aromatic ring is 1. The molecule has 1 aromatic heterocycles. The van der Waals surface area contributed by atoms with Gasteiger partial charge in [0.2, 0.25) is 0 Å². The van der Waals surface area contributed by atoms with Gasteiger partial charge in [0.15, 0.2) is 6.29 Å². The van der Waals surface area contributed by atoms with Crippen molar-refractivity contribution in [1.82, 2.24) is 9.78 Å². The number of hydrogen-bond donors (Lipinski definition) is 2. The molecule has 3 N–H and O–H groups in total. The Kier molecular flexibility index (Phi) is 3.09. The molecule has 0 saturated heterocycles. The molecule has 0 aliphatic rings. The first-order valence-corrected chi connectivity index (χ1v) is 5.22. The topological polar surface area (TPSA) is 98.2 Å². The van der Waals surface area contributed by atoms with Crippen molar-refractivity contribution in [2.75, 3.05) is 5.73 Å². The van der Waals surface area contributed by atoms with Gasteiger partial charge in [0, 0.05) is 5.56 Å². The quantitative estimate of drug-likeness (QED) is 0.784. The van der Waals surface area contributed by atoms with Gasteiger partial charge in [-0.2, -0.15) is 5.10 Å². The average Bonchev–Trinajstić information content (AvgIpc) is 2.67. The van der Waals surface area contributed by atoms with E-state index in [4.69, 9.17) is 10.8 Å². The zero-order valence-electron chi connectivity index (χ0n) is 9.41. The molecule has 0 radical (unpaired) electrons. The number of anilines is 1. The Balaban J connectivity index is 2.54. The summed E-state index contributed by atoms with van der Waals surface area (Å²) in [4.78, 5) is 21.7. The van der Waals surface area contributed by atoms with Crippen molar-refractivity contribution in [3.63, 3.8) is 0 Å². The van der Waals surface area contributed by atoms with Crippen LogP contribution in [-0.4, -0.2) is 27.1 Å². The first-order chi connectivity index (χ1) is 8.63. The third kappa shape index (κ3) is 2.08. The Bertz CT molecular complexity index is 590. The number of carboxylic acids is 1. The van der Waals surface area contributed by atoms with Gasteiger partial charge in [-0.15, -0.1) is 0 Å². The minimum absolute atomic E-state index is 0.0613. The molecule has 0 fully saturated rings. The van der Waals surface area contributed by atoms with Crippen LogP contribution in [0.3, 0.4) is 0 Å². The summed E-state index contributed by atoms with van der Waals surface area (Å²) in [6, 6.07) is 8.99. The molecule has 1 aromatic carbocycles. The number of benzene rings is 1. The van der Waals surface area contributed by atoms with Crippen LogP contribution < -0.4 is 5.73 Å². The lowest BCUT2D eigenvalue weighted by Gasteiger charge is -1.98. The van der Waals surface area contributed by atoms with Gasteiger partial charge in [-0.1, -0.05) is 30.3 Å². The maximum atomic E-state index is 11.0. The molecule has 0 aliphatic carbocycles. The fourth-order valence-electron chi connectivity index (χ4n) is 1.66. The van der Waals surface area contributed by atoms with Crippen molar-refractivity contribution in [1.29, 1.82) is 0 Å². The zero-order chi connectivity index (χ0) is 13.1. The van der Waals surface area contributed by atoms with E-state index in [-0.39, 0.29) is 17.9 Å². The normalized spacial score (nSPS) is 10.2. The minimum Gasteiger partial charge on any atom is -0.480 e. The van der Waals surface area contributed by atoms with E-state index in [0.717, 1.165) is 10.2 Å². The van der Waals surface area contributed by atoms with Gasteiger partial charge in [-0.25, -0.2) is 4.68 Å². The molecule has 0 aliphatic heterocycles. The standard InChI is InChI=1S/C12H11N3O3/c13-12-9(7-16)11(8-4-2-1-3-5-8)14-15(12)6-10(17)18/h1-5,7H,6,13H2,(H,17,18). The van der Waals surface area contributed by atoms with Gasteiger partial charge >= 0.3 is 5.97 Å². The molecule has 6 nitrogen and oxygen atoms in total. The highest BCUT2D eigenvalue weighted by Crippen LogP contribution is 2.25. The third-order valence-corrected chi connectivity index (χ3v) is 2.48. The van der Waals surface area contributed by atoms with Crippen LogP contribution in [0.15, 0.2) is 30.3 Å². The van der Waals surface area contributed by atoms with Crippen LogP contribution in [0.5, 0.6) is 0 Å². The van der Waals surface area contributed by atoms with Crippen molar-refractivity contribution in [2.45, 2.75) is 6.54 Å². The summed E-state index contributed by atoms with van der Waals surface area (Å²) < 4.78 is 1.11. The molecule has 0 unspecified atom stereocenters. The van der Waals surface area contributed by atoms with Crippen LogP contribution in [0.4, 0.5) is 5.82 Å². The summed E-state index contributed by atoms with van der Waals surface area (Å²) in [7, 11) is 0. The second-order valence-electron chi connectivity index (χ2n) is 3.68. The fraction of sp³-hybridized carbons (Fsp3) is 0.0833. The highest BCUT2D eigenvalue weighted by Gasteiger charge is 2.17. The summed E-state index contributed by atoms with van der Waals surface area (Å²) in [6.07, 6.45) is 0.586. The van der Waals surface area contributed by atoms with Crippen molar-refractivity contribution >= 4 is 18.1 Å². The number of nitrogens with two attached hydrogens (primary N) is 1. The van der Waals surface area contributed by atoms with Crippen molar-refractivity contribution in [3.8, 4) is 11.3 Å². The Morgan fingerprint density at radius 2 is 2.06 bits per heavy atom. The number of aliphatic carboxylic acids is 1. The predicted octanol–water partition coefficient (Wildman–Crippen LogP) is 1.03. The summed E-state index contributed by atoms with van der Waals surface area (Å²) in [5, 5.41) is 12.8. The number of carbonyl (C=O) groups is 2. The number of nitrogens with zero attached hydrogens (tertiary/aromatic N) is 2. The Labute approximate surface area is 103 Å². The van der Waals surface area contributed by atoms with Crippen molar-refractivity contribution in [2.24, 2.45) is 0 Å². The summed E-state index contributed by atoms with van der Waals surface area (Å²) in [6.45, 7) is -0.375. The molecular formula is C12H11N3O3. The molecule has 2 rings (SSSR count). The molecule has 92 valence electrons.